The van der Waals surface area contributed by atoms with Crippen LogP contribution in [0, 0.1) is 0 Å². The van der Waals surface area contributed by atoms with E-state index in [1.54, 1.807) is 7.11 Å². The van der Waals surface area contributed by atoms with Crippen LogP contribution in [0.4, 0.5) is 5.69 Å². The van der Waals surface area contributed by atoms with Crippen molar-refractivity contribution in [2.24, 2.45) is 0 Å². The summed E-state index contributed by atoms with van der Waals surface area (Å²) in [4.78, 5) is 22.3. The van der Waals surface area contributed by atoms with Crippen LogP contribution in [0.2, 0.25) is 5.02 Å². The van der Waals surface area contributed by atoms with Crippen molar-refractivity contribution in [3.05, 3.63) is 95.4 Å². The number of anilines is 1. The molecule has 174 valence electrons. The lowest BCUT2D eigenvalue weighted by Crippen LogP contribution is -2.49. The van der Waals surface area contributed by atoms with E-state index < -0.39 is 0 Å². The number of rotatable bonds is 6. The fourth-order valence-corrected chi connectivity index (χ4v) is 4.86. The number of imidazole rings is 1. The van der Waals surface area contributed by atoms with E-state index in [0.29, 0.717) is 24.5 Å². The van der Waals surface area contributed by atoms with E-state index in [9.17, 15) is 4.79 Å². The number of amides is 1. The number of pyridine rings is 1. The average Bonchev–Trinajstić information content (AvgIpc) is 3.30. The molecule has 1 amide bonds. The van der Waals surface area contributed by atoms with E-state index in [-0.39, 0.29) is 11.8 Å². The van der Waals surface area contributed by atoms with Gasteiger partial charge in [-0.05, 0) is 29.8 Å². The number of halogens is 1. The lowest BCUT2D eigenvalue weighted by molar-refractivity contribution is -0.131. The van der Waals surface area contributed by atoms with Gasteiger partial charge in [0, 0.05) is 50.9 Å². The summed E-state index contributed by atoms with van der Waals surface area (Å²) in [6, 6.07) is 21.9. The van der Waals surface area contributed by atoms with Crippen LogP contribution in [0.3, 0.4) is 0 Å². The lowest BCUT2D eigenvalue weighted by atomic mass is 9.92. The van der Waals surface area contributed by atoms with Gasteiger partial charge in [0.25, 0.3) is 0 Å². The quantitative estimate of drug-likeness (QED) is 0.400. The van der Waals surface area contributed by atoms with Gasteiger partial charge in [-0.1, -0.05) is 54.1 Å². The monoisotopic (exact) mass is 474 g/mol. The maximum atomic E-state index is 13.5. The molecule has 2 aromatic heterocycles. The summed E-state index contributed by atoms with van der Waals surface area (Å²) in [6.45, 7) is 2.90. The first-order valence-corrected chi connectivity index (χ1v) is 11.8. The van der Waals surface area contributed by atoms with Crippen molar-refractivity contribution in [2.75, 3.05) is 38.2 Å². The van der Waals surface area contributed by atoms with Gasteiger partial charge in [-0.3, -0.25) is 4.79 Å². The van der Waals surface area contributed by atoms with Crippen molar-refractivity contribution in [3.8, 4) is 5.75 Å². The van der Waals surface area contributed by atoms with E-state index in [4.69, 9.17) is 16.3 Å². The standard InChI is InChI=1S/C27H27ClN4O2/c1-34-25-10-6-5-9-23(25)30-13-15-31(16-14-30)27(33)17-22(20-7-3-2-4-8-20)24-18-29-26-12-11-21(28)19-32(24)26/h2-12,18-19,22H,13-17H2,1H3. The van der Waals surface area contributed by atoms with Gasteiger partial charge in [-0.15, -0.1) is 0 Å². The number of hydrogen-bond acceptors (Lipinski definition) is 4. The molecule has 1 saturated heterocycles. The Morgan fingerprint density at radius 2 is 1.74 bits per heavy atom. The molecule has 1 atom stereocenters. The van der Waals surface area contributed by atoms with Crippen molar-refractivity contribution in [3.63, 3.8) is 0 Å². The van der Waals surface area contributed by atoms with Gasteiger partial charge >= 0.3 is 0 Å². The van der Waals surface area contributed by atoms with E-state index in [1.807, 2.05) is 70.2 Å². The molecule has 0 bridgehead atoms. The third-order valence-corrected chi connectivity index (χ3v) is 6.72. The summed E-state index contributed by atoms with van der Waals surface area (Å²) in [5.41, 5.74) is 3.94. The SMILES string of the molecule is COc1ccccc1N1CCN(C(=O)CC(c2ccccc2)c2cnc3ccc(Cl)cn23)CC1. The topological polar surface area (TPSA) is 50.1 Å². The molecule has 1 aliphatic rings. The van der Waals surface area contributed by atoms with Crippen LogP contribution >= 0.6 is 11.6 Å². The smallest absolute Gasteiger partial charge is 0.223 e. The molecule has 4 aromatic rings. The number of hydrogen-bond donors (Lipinski definition) is 0. The Kier molecular flexibility index (Phi) is 6.41. The maximum absolute atomic E-state index is 13.5. The molecule has 1 unspecified atom stereocenters. The summed E-state index contributed by atoms with van der Waals surface area (Å²) in [5, 5.41) is 0.636. The number of fused-ring (bicyclic) bond motifs is 1. The molecule has 2 aromatic carbocycles. The van der Waals surface area contributed by atoms with Gasteiger partial charge in [0.2, 0.25) is 5.91 Å². The Balaban J connectivity index is 1.35. The van der Waals surface area contributed by atoms with Crippen LogP contribution in [-0.4, -0.2) is 53.5 Å². The second-order valence-electron chi connectivity index (χ2n) is 8.47. The Morgan fingerprint density at radius 1 is 1.00 bits per heavy atom. The highest BCUT2D eigenvalue weighted by Crippen LogP contribution is 2.31. The molecule has 1 aliphatic heterocycles. The minimum Gasteiger partial charge on any atom is -0.495 e. The number of methoxy groups -OCH3 is 1. The Morgan fingerprint density at radius 3 is 2.50 bits per heavy atom. The first kappa shape index (κ1) is 22.3. The molecule has 7 heteroatoms. The predicted molar refractivity (Wildman–Crippen MR) is 135 cm³/mol. The molecule has 34 heavy (non-hydrogen) atoms. The van der Waals surface area contributed by atoms with Crippen LogP contribution < -0.4 is 9.64 Å². The van der Waals surface area contributed by atoms with E-state index in [0.717, 1.165) is 41.4 Å². The lowest BCUT2D eigenvalue weighted by Gasteiger charge is -2.37. The molecule has 3 heterocycles. The first-order chi connectivity index (χ1) is 16.6. The van der Waals surface area contributed by atoms with Crippen LogP contribution in [0.1, 0.15) is 23.6 Å². The van der Waals surface area contributed by atoms with Crippen LogP contribution in [-0.2, 0) is 4.79 Å². The summed E-state index contributed by atoms with van der Waals surface area (Å²) < 4.78 is 7.51. The number of carbonyl (C=O) groups is 1. The molecule has 6 nitrogen and oxygen atoms in total. The zero-order chi connectivity index (χ0) is 23.5. The summed E-state index contributed by atoms with van der Waals surface area (Å²) in [5.74, 6) is 0.887. The largest absolute Gasteiger partial charge is 0.495 e. The van der Waals surface area contributed by atoms with Crippen molar-refractivity contribution >= 4 is 28.8 Å². The molecule has 5 rings (SSSR count). The minimum absolute atomic E-state index is 0.116. The minimum atomic E-state index is -0.116. The molecule has 0 saturated carbocycles. The molecule has 0 N–H and O–H groups in total. The van der Waals surface area contributed by atoms with Crippen LogP contribution in [0.15, 0.2) is 79.1 Å². The fourth-order valence-electron chi connectivity index (χ4n) is 4.70. The van der Waals surface area contributed by atoms with Gasteiger partial charge in [0.1, 0.15) is 11.4 Å². The number of nitrogens with zero attached hydrogens (tertiary/aromatic N) is 4. The predicted octanol–water partition coefficient (Wildman–Crippen LogP) is 4.87. The highest BCUT2D eigenvalue weighted by Gasteiger charge is 2.27. The molecular formula is C27H27ClN4O2. The van der Waals surface area contributed by atoms with E-state index in [2.05, 4.69) is 28.1 Å². The summed E-state index contributed by atoms with van der Waals surface area (Å²) in [6.07, 6.45) is 4.10. The number of piperazine rings is 1. The highest BCUT2D eigenvalue weighted by molar-refractivity contribution is 6.30. The average molecular weight is 475 g/mol. The van der Waals surface area contributed by atoms with Crippen LogP contribution in [0.25, 0.3) is 5.65 Å². The molecular weight excluding hydrogens is 448 g/mol. The van der Waals surface area contributed by atoms with Crippen molar-refractivity contribution in [1.29, 1.82) is 0 Å². The van der Waals surface area contributed by atoms with E-state index >= 15 is 0 Å². The Labute approximate surface area is 204 Å². The molecule has 1 fully saturated rings. The van der Waals surface area contributed by atoms with Gasteiger partial charge in [-0.2, -0.15) is 0 Å². The fraction of sp³-hybridized carbons (Fsp3) is 0.259. The molecule has 0 spiro atoms. The zero-order valence-corrected chi connectivity index (χ0v) is 19.9. The number of carbonyl (C=O) groups excluding carboxylic acids is 1. The summed E-state index contributed by atoms with van der Waals surface area (Å²) in [7, 11) is 1.69. The summed E-state index contributed by atoms with van der Waals surface area (Å²) >= 11 is 6.27. The second kappa shape index (κ2) is 9.77. The van der Waals surface area contributed by atoms with Crippen molar-refractivity contribution in [1.82, 2.24) is 14.3 Å². The van der Waals surface area contributed by atoms with Crippen molar-refractivity contribution in [2.45, 2.75) is 12.3 Å². The maximum Gasteiger partial charge on any atom is 0.223 e. The Bertz CT molecular complexity index is 1280. The van der Waals surface area contributed by atoms with Crippen molar-refractivity contribution < 1.29 is 9.53 Å². The number of aromatic nitrogens is 2. The van der Waals surface area contributed by atoms with Gasteiger partial charge in [0.15, 0.2) is 0 Å². The number of para-hydroxylation sites is 2. The zero-order valence-electron chi connectivity index (χ0n) is 19.1. The first-order valence-electron chi connectivity index (χ1n) is 11.5. The molecule has 0 aliphatic carbocycles. The third-order valence-electron chi connectivity index (χ3n) is 6.49. The van der Waals surface area contributed by atoms with Crippen LogP contribution in [0.5, 0.6) is 5.75 Å². The Hall–Kier alpha value is -3.51. The van der Waals surface area contributed by atoms with Gasteiger partial charge in [-0.25, -0.2) is 4.98 Å². The van der Waals surface area contributed by atoms with Gasteiger partial charge in [0.05, 0.1) is 23.5 Å². The third kappa shape index (κ3) is 4.46. The number of benzene rings is 2. The molecule has 0 radical (unpaired) electrons. The highest BCUT2D eigenvalue weighted by atomic mass is 35.5. The normalized spacial score (nSPS) is 14.9. The second-order valence-corrected chi connectivity index (χ2v) is 8.90. The van der Waals surface area contributed by atoms with E-state index in [1.165, 1.54) is 0 Å². The van der Waals surface area contributed by atoms with Gasteiger partial charge < -0.3 is 18.9 Å². The number of ether oxygens (including phenoxy) is 1.